The van der Waals surface area contributed by atoms with Gasteiger partial charge in [0.05, 0.1) is 10.7 Å². The van der Waals surface area contributed by atoms with Crippen molar-refractivity contribution in [3.05, 3.63) is 45.7 Å². The lowest BCUT2D eigenvalue weighted by Gasteiger charge is -2.23. The summed E-state index contributed by atoms with van der Waals surface area (Å²) in [7, 11) is 0. The summed E-state index contributed by atoms with van der Waals surface area (Å²) in [5.41, 5.74) is 1.45. The molecule has 1 N–H and O–H groups in total. The van der Waals surface area contributed by atoms with Crippen LogP contribution in [0.3, 0.4) is 0 Å². The second-order valence-electron chi connectivity index (χ2n) is 5.60. The fraction of sp³-hybridized carbons (Fsp3) is 0.312. The number of hydrogen-bond donors (Lipinski definition) is 1. The molecule has 0 saturated carbocycles. The van der Waals surface area contributed by atoms with Gasteiger partial charge in [0.25, 0.3) is 5.91 Å². The van der Waals surface area contributed by atoms with Gasteiger partial charge in [-0.25, -0.2) is 4.68 Å². The smallest absolute Gasteiger partial charge is 0.323 e. The predicted molar refractivity (Wildman–Crippen MR) is 92.1 cm³/mol. The Labute approximate surface area is 149 Å². The summed E-state index contributed by atoms with van der Waals surface area (Å²) in [4.78, 5) is 24.8. The molecule has 0 atom stereocenters. The second-order valence-corrected chi connectivity index (χ2v) is 6.44. The summed E-state index contributed by atoms with van der Waals surface area (Å²) in [5, 5.41) is 14.2. The summed E-state index contributed by atoms with van der Waals surface area (Å²) >= 11 is 12.1. The maximum absolute atomic E-state index is 12.6. The minimum absolute atomic E-state index is 0.161. The fourth-order valence-corrected chi connectivity index (χ4v) is 2.75. The number of aliphatic carboxylic acids is 1. The molecule has 6 nitrogen and oxygen atoms in total. The molecule has 8 heteroatoms. The van der Waals surface area contributed by atoms with Crippen LogP contribution < -0.4 is 0 Å². The largest absolute Gasteiger partial charge is 0.480 e. The highest BCUT2D eigenvalue weighted by Gasteiger charge is 2.24. The number of rotatable bonds is 5. The Kier molecular flexibility index (Phi) is 5.51. The lowest BCUT2D eigenvalue weighted by atomic mass is 10.2. The van der Waals surface area contributed by atoms with Gasteiger partial charge in [0.1, 0.15) is 6.54 Å². The minimum atomic E-state index is -1.08. The van der Waals surface area contributed by atoms with E-state index in [1.165, 1.54) is 9.58 Å². The summed E-state index contributed by atoms with van der Waals surface area (Å²) in [5.74, 6) is -1.52. The Morgan fingerprint density at radius 3 is 2.50 bits per heavy atom. The Balaban J connectivity index is 2.40. The van der Waals surface area contributed by atoms with Crippen molar-refractivity contribution in [2.24, 2.45) is 0 Å². The Bertz CT molecular complexity index is 787. The SMILES string of the molecule is Cc1cc(C(=O)N(CC(=O)O)C(C)C)nn1-c1ccc(Cl)cc1Cl. The van der Waals surface area contributed by atoms with Crippen molar-refractivity contribution in [2.75, 3.05) is 6.54 Å². The van der Waals surface area contributed by atoms with Gasteiger partial charge in [-0.15, -0.1) is 0 Å². The van der Waals surface area contributed by atoms with Crippen LogP contribution in [0.25, 0.3) is 5.69 Å². The van der Waals surface area contributed by atoms with Crippen molar-refractivity contribution >= 4 is 35.1 Å². The molecule has 0 fully saturated rings. The molecule has 1 amide bonds. The standard InChI is InChI=1S/C16H17Cl2N3O3/c1-9(2)20(8-15(22)23)16(24)13-6-10(3)21(19-13)14-5-4-11(17)7-12(14)18/h4-7,9H,8H2,1-3H3,(H,22,23). The molecule has 0 aliphatic rings. The van der Waals surface area contributed by atoms with Crippen LogP contribution in [0.1, 0.15) is 30.0 Å². The van der Waals surface area contributed by atoms with Gasteiger partial charge in [-0.2, -0.15) is 5.10 Å². The fourth-order valence-electron chi connectivity index (χ4n) is 2.26. The van der Waals surface area contributed by atoms with Crippen LogP contribution in [0.5, 0.6) is 0 Å². The topological polar surface area (TPSA) is 75.4 Å². The minimum Gasteiger partial charge on any atom is -0.480 e. The van der Waals surface area contributed by atoms with Crippen molar-refractivity contribution in [1.29, 1.82) is 0 Å². The van der Waals surface area contributed by atoms with Gasteiger partial charge in [0, 0.05) is 16.8 Å². The molecule has 0 aliphatic heterocycles. The first-order valence-corrected chi connectivity index (χ1v) is 8.01. The number of carbonyl (C=O) groups excluding carboxylic acids is 1. The third kappa shape index (κ3) is 3.88. The highest BCUT2D eigenvalue weighted by molar-refractivity contribution is 6.35. The normalized spacial score (nSPS) is 10.9. The summed E-state index contributed by atoms with van der Waals surface area (Å²) in [6.45, 7) is 4.90. The van der Waals surface area contributed by atoms with E-state index in [9.17, 15) is 9.59 Å². The highest BCUT2D eigenvalue weighted by Crippen LogP contribution is 2.25. The molecule has 0 unspecified atom stereocenters. The molecule has 0 saturated heterocycles. The molecule has 0 radical (unpaired) electrons. The number of hydrogen-bond acceptors (Lipinski definition) is 3. The van der Waals surface area contributed by atoms with Crippen LogP contribution >= 0.6 is 23.2 Å². The third-order valence-electron chi connectivity index (χ3n) is 3.43. The van der Waals surface area contributed by atoms with Crippen molar-refractivity contribution in [3.63, 3.8) is 0 Å². The molecule has 1 aromatic heterocycles. The van der Waals surface area contributed by atoms with Gasteiger partial charge >= 0.3 is 5.97 Å². The van der Waals surface area contributed by atoms with Gasteiger partial charge < -0.3 is 10.0 Å². The van der Waals surface area contributed by atoms with Crippen molar-refractivity contribution in [2.45, 2.75) is 26.8 Å². The monoisotopic (exact) mass is 369 g/mol. The molecule has 2 rings (SSSR count). The van der Waals surface area contributed by atoms with Gasteiger partial charge in [0.2, 0.25) is 0 Å². The summed E-state index contributed by atoms with van der Waals surface area (Å²) < 4.78 is 1.53. The Hall–Kier alpha value is -2.05. The highest BCUT2D eigenvalue weighted by atomic mass is 35.5. The number of carboxylic acids is 1. The zero-order valence-corrected chi connectivity index (χ0v) is 15.0. The number of aromatic nitrogens is 2. The molecule has 1 heterocycles. The van der Waals surface area contributed by atoms with E-state index in [2.05, 4.69) is 5.10 Å². The summed E-state index contributed by atoms with van der Waals surface area (Å²) in [6, 6.07) is 6.31. The number of benzene rings is 1. The van der Waals surface area contributed by atoms with E-state index in [0.29, 0.717) is 21.4 Å². The summed E-state index contributed by atoms with van der Waals surface area (Å²) in [6.07, 6.45) is 0. The zero-order valence-electron chi connectivity index (χ0n) is 13.5. The Morgan fingerprint density at radius 2 is 1.96 bits per heavy atom. The molecule has 0 aliphatic carbocycles. The third-order valence-corrected chi connectivity index (χ3v) is 3.97. The molecule has 1 aromatic carbocycles. The van der Waals surface area contributed by atoms with Crippen LogP contribution in [0, 0.1) is 6.92 Å². The lowest BCUT2D eigenvalue weighted by molar-refractivity contribution is -0.138. The maximum atomic E-state index is 12.6. The van der Waals surface area contributed by atoms with Crippen LogP contribution in [0.2, 0.25) is 10.0 Å². The number of carbonyl (C=O) groups is 2. The van der Waals surface area contributed by atoms with Crippen LogP contribution in [0.15, 0.2) is 24.3 Å². The van der Waals surface area contributed by atoms with E-state index in [1.807, 2.05) is 0 Å². The van der Waals surface area contributed by atoms with E-state index >= 15 is 0 Å². The number of halogens is 2. The quantitative estimate of drug-likeness (QED) is 0.875. The van der Waals surface area contributed by atoms with Crippen LogP contribution in [-0.2, 0) is 4.79 Å². The first-order chi connectivity index (χ1) is 11.2. The van der Waals surface area contributed by atoms with E-state index in [-0.39, 0.29) is 18.3 Å². The van der Waals surface area contributed by atoms with E-state index in [4.69, 9.17) is 28.3 Å². The number of carboxylic acid groups (broad SMARTS) is 1. The van der Waals surface area contributed by atoms with Crippen LogP contribution in [-0.4, -0.2) is 44.3 Å². The zero-order chi connectivity index (χ0) is 18.0. The van der Waals surface area contributed by atoms with E-state index in [1.54, 1.807) is 45.0 Å². The molecule has 128 valence electrons. The average molecular weight is 370 g/mol. The van der Waals surface area contributed by atoms with Gasteiger partial charge in [-0.05, 0) is 45.0 Å². The molecule has 0 bridgehead atoms. The lowest BCUT2D eigenvalue weighted by Crippen LogP contribution is -2.40. The van der Waals surface area contributed by atoms with Gasteiger partial charge in [0.15, 0.2) is 5.69 Å². The molecular weight excluding hydrogens is 353 g/mol. The average Bonchev–Trinajstić information content (AvgIpc) is 2.85. The number of amides is 1. The molecule has 0 spiro atoms. The molecule has 24 heavy (non-hydrogen) atoms. The van der Waals surface area contributed by atoms with Crippen molar-refractivity contribution in [1.82, 2.24) is 14.7 Å². The van der Waals surface area contributed by atoms with E-state index < -0.39 is 11.9 Å². The van der Waals surface area contributed by atoms with Crippen molar-refractivity contribution < 1.29 is 14.7 Å². The molecular formula is C16H17Cl2N3O3. The Morgan fingerprint density at radius 1 is 1.29 bits per heavy atom. The van der Waals surface area contributed by atoms with E-state index in [0.717, 1.165) is 0 Å². The maximum Gasteiger partial charge on any atom is 0.323 e. The second kappa shape index (κ2) is 7.23. The van der Waals surface area contributed by atoms with Gasteiger partial charge in [-0.3, -0.25) is 9.59 Å². The predicted octanol–water partition coefficient (Wildman–Crippen LogP) is 3.42. The van der Waals surface area contributed by atoms with Gasteiger partial charge in [-0.1, -0.05) is 23.2 Å². The first-order valence-electron chi connectivity index (χ1n) is 7.25. The van der Waals surface area contributed by atoms with Crippen molar-refractivity contribution in [3.8, 4) is 5.69 Å². The van der Waals surface area contributed by atoms with Crippen LogP contribution in [0.4, 0.5) is 0 Å². The molecule has 2 aromatic rings. The number of nitrogens with zero attached hydrogens (tertiary/aromatic N) is 3. The number of aryl methyl sites for hydroxylation is 1. The first kappa shape index (κ1) is 18.3.